The molecule has 5 heteroatoms. The van der Waals surface area contributed by atoms with Gasteiger partial charge in [-0.3, -0.25) is 9.48 Å². The summed E-state index contributed by atoms with van der Waals surface area (Å²) in [5, 5.41) is 6.53. The molecule has 0 N–H and O–H groups in total. The van der Waals surface area contributed by atoms with Crippen molar-refractivity contribution in [3.63, 3.8) is 0 Å². The molecule has 0 saturated carbocycles. The maximum absolute atomic E-state index is 13.0. The highest BCUT2D eigenvalue weighted by Gasteiger charge is 2.21. The molecule has 4 nitrogen and oxygen atoms in total. The second-order valence-electron chi connectivity index (χ2n) is 5.90. The number of amides is 1. The highest BCUT2D eigenvalue weighted by Crippen LogP contribution is 2.18. The van der Waals surface area contributed by atoms with Crippen LogP contribution in [0.25, 0.3) is 0 Å². The lowest BCUT2D eigenvalue weighted by Crippen LogP contribution is -2.30. The Morgan fingerprint density at radius 2 is 1.96 bits per heavy atom. The zero-order chi connectivity index (χ0) is 17.6. The molecule has 2 heterocycles. The summed E-state index contributed by atoms with van der Waals surface area (Å²) in [6.45, 7) is 6.12. The van der Waals surface area contributed by atoms with Gasteiger partial charge in [0, 0.05) is 11.4 Å². The highest BCUT2D eigenvalue weighted by molar-refractivity contribution is 7.09. The quantitative estimate of drug-likeness (QED) is 0.638. The van der Waals surface area contributed by atoms with Crippen LogP contribution in [0.4, 0.5) is 0 Å². The van der Waals surface area contributed by atoms with Crippen LogP contribution in [0.5, 0.6) is 0 Å². The molecule has 3 rings (SSSR count). The van der Waals surface area contributed by atoms with E-state index in [1.54, 1.807) is 17.5 Å². The standard InChI is InChI=1S/C20H23N3OS/c1-3-19-18(13-21-23(19)14-16-9-6-5-7-10-16)20(24)22(4-2)15-17-11-8-12-25-17/h5-13H,3-4,14-15H2,1-2H3. The molecule has 0 aliphatic carbocycles. The number of benzene rings is 1. The number of rotatable bonds is 7. The number of aromatic nitrogens is 2. The van der Waals surface area contributed by atoms with E-state index in [0.29, 0.717) is 19.6 Å². The molecule has 3 aromatic rings. The molecule has 1 aromatic carbocycles. The van der Waals surface area contributed by atoms with E-state index >= 15 is 0 Å². The Bertz CT molecular complexity index is 809. The second kappa shape index (κ2) is 8.12. The van der Waals surface area contributed by atoms with Crippen LogP contribution in [-0.4, -0.2) is 27.1 Å². The van der Waals surface area contributed by atoms with Crippen molar-refractivity contribution in [1.29, 1.82) is 0 Å². The van der Waals surface area contributed by atoms with Crippen LogP contribution in [0.3, 0.4) is 0 Å². The Balaban J connectivity index is 1.82. The smallest absolute Gasteiger partial charge is 0.257 e. The van der Waals surface area contributed by atoms with E-state index in [-0.39, 0.29) is 5.91 Å². The lowest BCUT2D eigenvalue weighted by molar-refractivity contribution is 0.0753. The van der Waals surface area contributed by atoms with Gasteiger partial charge in [0.1, 0.15) is 0 Å². The summed E-state index contributed by atoms with van der Waals surface area (Å²) in [4.78, 5) is 16.1. The molecule has 0 radical (unpaired) electrons. The molecule has 130 valence electrons. The van der Waals surface area contributed by atoms with Crippen LogP contribution in [0.15, 0.2) is 54.0 Å². The van der Waals surface area contributed by atoms with Gasteiger partial charge < -0.3 is 4.90 Å². The third kappa shape index (κ3) is 3.99. The Kier molecular flexibility index (Phi) is 5.66. The lowest BCUT2D eigenvalue weighted by Gasteiger charge is -2.20. The van der Waals surface area contributed by atoms with E-state index in [1.165, 1.54) is 10.4 Å². The molecule has 0 aliphatic rings. The normalized spacial score (nSPS) is 10.8. The zero-order valence-electron chi connectivity index (χ0n) is 14.7. The molecule has 2 aromatic heterocycles. The number of thiophene rings is 1. The first kappa shape index (κ1) is 17.4. The summed E-state index contributed by atoms with van der Waals surface area (Å²) < 4.78 is 1.95. The van der Waals surface area contributed by atoms with Crippen molar-refractivity contribution in [3.8, 4) is 0 Å². The van der Waals surface area contributed by atoms with E-state index < -0.39 is 0 Å². The van der Waals surface area contributed by atoms with Gasteiger partial charge in [-0.05, 0) is 30.4 Å². The Hall–Kier alpha value is -2.40. The predicted molar refractivity (Wildman–Crippen MR) is 102 cm³/mol. The van der Waals surface area contributed by atoms with Gasteiger partial charge in [0.2, 0.25) is 0 Å². The minimum atomic E-state index is 0.0621. The van der Waals surface area contributed by atoms with Crippen molar-refractivity contribution in [2.75, 3.05) is 6.54 Å². The maximum atomic E-state index is 13.0. The van der Waals surface area contributed by atoms with E-state index in [9.17, 15) is 4.79 Å². The largest absolute Gasteiger partial charge is 0.334 e. The second-order valence-corrected chi connectivity index (χ2v) is 6.93. The van der Waals surface area contributed by atoms with Gasteiger partial charge in [-0.1, -0.05) is 43.3 Å². The van der Waals surface area contributed by atoms with Crippen LogP contribution < -0.4 is 0 Å². The molecule has 0 unspecified atom stereocenters. The van der Waals surface area contributed by atoms with Gasteiger partial charge in [-0.2, -0.15) is 5.10 Å². The monoisotopic (exact) mass is 353 g/mol. The topological polar surface area (TPSA) is 38.1 Å². The average molecular weight is 353 g/mol. The van der Waals surface area contributed by atoms with E-state index in [1.807, 2.05) is 46.2 Å². The fraction of sp³-hybridized carbons (Fsp3) is 0.300. The average Bonchev–Trinajstić information content (AvgIpc) is 3.29. The Morgan fingerprint density at radius 3 is 2.60 bits per heavy atom. The minimum Gasteiger partial charge on any atom is -0.334 e. The van der Waals surface area contributed by atoms with Crippen LogP contribution in [0.2, 0.25) is 0 Å². The fourth-order valence-electron chi connectivity index (χ4n) is 2.94. The first-order valence-electron chi connectivity index (χ1n) is 8.63. The molecule has 0 atom stereocenters. The highest BCUT2D eigenvalue weighted by atomic mass is 32.1. The van der Waals surface area contributed by atoms with Crippen molar-refractivity contribution in [2.24, 2.45) is 0 Å². The van der Waals surface area contributed by atoms with Crippen molar-refractivity contribution >= 4 is 17.2 Å². The summed E-state index contributed by atoms with van der Waals surface area (Å²) in [7, 11) is 0. The summed E-state index contributed by atoms with van der Waals surface area (Å²) >= 11 is 1.68. The van der Waals surface area contributed by atoms with Gasteiger partial charge in [0.15, 0.2) is 0 Å². The number of carbonyl (C=O) groups excluding carboxylic acids is 1. The van der Waals surface area contributed by atoms with Crippen LogP contribution >= 0.6 is 11.3 Å². The molecular weight excluding hydrogens is 330 g/mol. The van der Waals surface area contributed by atoms with Gasteiger partial charge in [0.25, 0.3) is 5.91 Å². The first-order valence-corrected chi connectivity index (χ1v) is 9.51. The molecule has 0 aliphatic heterocycles. The molecule has 0 bridgehead atoms. The molecule has 25 heavy (non-hydrogen) atoms. The number of carbonyl (C=O) groups is 1. The van der Waals surface area contributed by atoms with Crippen molar-refractivity contribution in [1.82, 2.24) is 14.7 Å². The van der Waals surface area contributed by atoms with Crippen molar-refractivity contribution in [2.45, 2.75) is 33.4 Å². The van der Waals surface area contributed by atoms with E-state index in [2.05, 4.69) is 30.2 Å². The maximum Gasteiger partial charge on any atom is 0.257 e. The van der Waals surface area contributed by atoms with Gasteiger partial charge in [0.05, 0.1) is 30.5 Å². The summed E-state index contributed by atoms with van der Waals surface area (Å²) in [6.07, 6.45) is 2.51. The lowest BCUT2D eigenvalue weighted by atomic mass is 10.1. The Morgan fingerprint density at radius 1 is 1.16 bits per heavy atom. The minimum absolute atomic E-state index is 0.0621. The molecule has 0 spiro atoms. The fourth-order valence-corrected chi connectivity index (χ4v) is 3.66. The molecule has 1 amide bonds. The summed E-state index contributed by atoms with van der Waals surface area (Å²) in [5.41, 5.74) is 2.90. The van der Waals surface area contributed by atoms with Gasteiger partial charge >= 0.3 is 0 Å². The summed E-state index contributed by atoms with van der Waals surface area (Å²) in [5.74, 6) is 0.0621. The number of nitrogens with zero attached hydrogens (tertiary/aromatic N) is 3. The third-order valence-electron chi connectivity index (χ3n) is 4.28. The Labute approximate surface area is 152 Å². The number of hydrogen-bond acceptors (Lipinski definition) is 3. The van der Waals surface area contributed by atoms with E-state index in [0.717, 1.165) is 17.7 Å². The molecule has 0 fully saturated rings. The predicted octanol–water partition coefficient (Wildman–Crippen LogP) is 4.22. The zero-order valence-corrected chi connectivity index (χ0v) is 15.5. The molecular formula is C20H23N3OS. The SMILES string of the molecule is CCc1c(C(=O)N(CC)Cc2cccs2)cnn1Cc1ccccc1. The first-order chi connectivity index (χ1) is 12.2. The van der Waals surface area contributed by atoms with Gasteiger partial charge in [-0.15, -0.1) is 11.3 Å². The summed E-state index contributed by atoms with van der Waals surface area (Å²) in [6, 6.07) is 14.3. The molecule has 0 saturated heterocycles. The van der Waals surface area contributed by atoms with Crippen LogP contribution in [0, 0.1) is 0 Å². The van der Waals surface area contributed by atoms with Crippen molar-refractivity contribution in [3.05, 3.63) is 75.7 Å². The van der Waals surface area contributed by atoms with Crippen molar-refractivity contribution < 1.29 is 4.79 Å². The number of hydrogen-bond donors (Lipinski definition) is 0. The van der Waals surface area contributed by atoms with E-state index in [4.69, 9.17) is 0 Å². The third-order valence-corrected chi connectivity index (χ3v) is 5.15. The van der Waals surface area contributed by atoms with Crippen LogP contribution in [0.1, 0.15) is 40.3 Å². The van der Waals surface area contributed by atoms with Gasteiger partial charge in [-0.25, -0.2) is 0 Å². The van der Waals surface area contributed by atoms with Crippen LogP contribution in [-0.2, 0) is 19.5 Å².